The van der Waals surface area contributed by atoms with Crippen molar-refractivity contribution >= 4 is 23.1 Å². The first-order chi connectivity index (χ1) is 13.3. The van der Waals surface area contributed by atoms with Crippen LogP contribution in [0.15, 0.2) is 29.3 Å². The Kier molecular flexibility index (Phi) is 7.66. The van der Waals surface area contributed by atoms with Crippen LogP contribution in [0.4, 0.5) is 4.79 Å². The van der Waals surface area contributed by atoms with E-state index in [1.165, 1.54) is 0 Å². The van der Waals surface area contributed by atoms with Crippen molar-refractivity contribution in [2.45, 2.75) is 46.3 Å². The molecule has 3 N–H and O–H groups in total. The summed E-state index contributed by atoms with van der Waals surface area (Å²) in [6, 6.07) is 8.05. The van der Waals surface area contributed by atoms with Crippen molar-refractivity contribution in [1.29, 1.82) is 0 Å². The van der Waals surface area contributed by atoms with Crippen LogP contribution in [0.5, 0.6) is 0 Å². The predicted molar refractivity (Wildman–Crippen MR) is 112 cm³/mol. The van der Waals surface area contributed by atoms with E-state index in [2.05, 4.69) is 36.6 Å². The summed E-state index contributed by atoms with van der Waals surface area (Å²) in [7, 11) is 2.00. The number of aryl methyl sites for hydroxylation is 1. The first kappa shape index (κ1) is 21.5. The van der Waals surface area contributed by atoms with Crippen LogP contribution in [-0.4, -0.2) is 46.8 Å². The maximum Gasteiger partial charge on any atom is 0.407 e. The number of hydrogen-bond donors (Lipinski definition) is 3. The van der Waals surface area contributed by atoms with E-state index in [9.17, 15) is 4.79 Å². The maximum atomic E-state index is 11.6. The molecule has 0 bridgehead atoms. The minimum Gasteiger partial charge on any atom is -0.444 e. The van der Waals surface area contributed by atoms with Crippen molar-refractivity contribution in [3.63, 3.8) is 0 Å². The Morgan fingerprint density at radius 2 is 1.89 bits per heavy atom. The van der Waals surface area contributed by atoms with Crippen LogP contribution < -0.4 is 16.0 Å². The topological polar surface area (TPSA) is 92.6 Å². The van der Waals surface area contributed by atoms with Crippen molar-refractivity contribution in [3.05, 3.63) is 30.1 Å². The van der Waals surface area contributed by atoms with E-state index in [4.69, 9.17) is 4.74 Å². The van der Waals surface area contributed by atoms with Crippen molar-refractivity contribution < 1.29 is 9.53 Å². The van der Waals surface area contributed by atoms with Gasteiger partial charge in [0, 0.05) is 26.7 Å². The SMILES string of the molecule is CCNC(=NCc1nc2ccccc2n1C)NCCCNC(=O)OC(C)(C)C. The van der Waals surface area contributed by atoms with Crippen LogP contribution in [0.1, 0.15) is 39.9 Å². The standard InChI is InChI=1S/C20H32N6O2/c1-6-21-18(22-12-9-13-23-19(27)28-20(2,3)4)24-14-17-25-15-10-7-8-11-16(15)26(17)5/h7-8,10-11H,6,9,12-14H2,1-5H3,(H,23,27)(H2,21,22,24). The Labute approximate surface area is 166 Å². The molecule has 0 aliphatic carbocycles. The second-order valence-corrected chi connectivity index (χ2v) is 7.48. The number of amides is 1. The maximum absolute atomic E-state index is 11.6. The zero-order chi connectivity index (χ0) is 20.6. The number of ether oxygens (including phenoxy) is 1. The molecule has 2 rings (SSSR count). The molecule has 0 unspecified atom stereocenters. The van der Waals surface area contributed by atoms with Gasteiger partial charge in [0.1, 0.15) is 18.0 Å². The summed E-state index contributed by atoms with van der Waals surface area (Å²) in [6.45, 7) is 10.0. The zero-order valence-electron chi connectivity index (χ0n) is 17.5. The number of nitrogens with zero attached hydrogens (tertiary/aromatic N) is 3. The summed E-state index contributed by atoms with van der Waals surface area (Å²) in [6.07, 6.45) is 0.366. The monoisotopic (exact) mass is 388 g/mol. The number of aromatic nitrogens is 2. The highest BCUT2D eigenvalue weighted by Crippen LogP contribution is 2.14. The van der Waals surface area contributed by atoms with Gasteiger partial charge in [-0.3, -0.25) is 0 Å². The number of guanidine groups is 1. The van der Waals surface area contributed by atoms with Gasteiger partial charge in [0.2, 0.25) is 0 Å². The van der Waals surface area contributed by atoms with Crippen LogP contribution in [0, 0.1) is 0 Å². The Bertz CT molecular complexity index is 807. The van der Waals surface area contributed by atoms with Gasteiger partial charge in [-0.1, -0.05) is 12.1 Å². The zero-order valence-corrected chi connectivity index (χ0v) is 17.5. The largest absolute Gasteiger partial charge is 0.444 e. The third-order valence-electron chi connectivity index (χ3n) is 3.92. The van der Waals surface area contributed by atoms with Gasteiger partial charge in [-0.05, 0) is 46.2 Å². The second kappa shape index (κ2) is 9.96. The van der Waals surface area contributed by atoms with Crippen LogP contribution in [0.25, 0.3) is 11.0 Å². The number of carbonyl (C=O) groups excluding carboxylic acids is 1. The molecule has 2 aromatic rings. The molecule has 154 valence electrons. The molecule has 1 amide bonds. The van der Waals surface area contributed by atoms with E-state index in [1.54, 1.807) is 0 Å². The molecule has 0 aliphatic rings. The van der Waals surface area contributed by atoms with E-state index in [0.29, 0.717) is 19.6 Å². The Hall–Kier alpha value is -2.77. The molecule has 8 nitrogen and oxygen atoms in total. The first-order valence-electron chi connectivity index (χ1n) is 9.69. The van der Waals surface area contributed by atoms with E-state index in [-0.39, 0.29) is 0 Å². The summed E-state index contributed by atoms with van der Waals surface area (Å²) in [5.74, 6) is 1.64. The molecule has 1 aromatic heterocycles. The third kappa shape index (κ3) is 6.75. The van der Waals surface area contributed by atoms with Crippen molar-refractivity contribution in [3.8, 4) is 0 Å². The van der Waals surface area contributed by atoms with Gasteiger partial charge in [-0.2, -0.15) is 0 Å². The molecule has 0 radical (unpaired) electrons. The summed E-state index contributed by atoms with van der Waals surface area (Å²) < 4.78 is 7.27. The molecular weight excluding hydrogens is 356 g/mol. The van der Waals surface area contributed by atoms with Crippen molar-refractivity contribution in [1.82, 2.24) is 25.5 Å². The second-order valence-electron chi connectivity index (χ2n) is 7.48. The lowest BCUT2D eigenvalue weighted by Crippen LogP contribution is -2.39. The number of para-hydroxylation sites is 2. The average molecular weight is 389 g/mol. The van der Waals surface area contributed by atoms with E-state index >= 15 is 0 Å². The van der Waals surface area contributed by atoms with Gasteiger partial charge in [0.15, 0.2) is 5.96 Å². The molecule has 0 saturated heterocycles. The van der Waals surface area contributed by atoms with Crippen LogP contribution in [-0.2, 0) is 18.3 Å². The van der Waals surface area contributed by atoms with Crippen molar-refractivity contribution in [2.75, 3.05) is 19.6 Å². The number of carbonyl (C=O) groups is 1. The predicted octanol–water partition coefficient (Wildman–Crippen LogP) is 2.54. The normalized spacial score (nSPS) is 12.1. The van der Waals surface area contributed by atoms with Crippen LogP contribution >= 0.6 is 0 Å². The number of imidazole rings is 1. The highest BCUT2D eigenvalue weighted by Gasteiger charge is 2.15. The average Bonchev–Trinajstić information content (AvgIpc) is 2.94. The van der Waals surface area contributed by atoms with Gasteiger partial charge < -0.3 is 25.3 Å². The molecular formula is C20H32N6O2. The molecule has 0 spiro atoms. The number of fused-ring (bicyclic) bond motifs is 1. The Balaban J connectivity index is 1.82. The first-order valence-corrected chi connectivity index (χ1v) is 9.69. The number of alkyl carbamates (subject to hydrolysis) is 1. The van der Waals surface area contributed by atoms with E-state index in [0.717, 1.165) is 35.8 Å². The number of hydrogen-bond acceptors (Lipinski definition) is 4. The van der Waals surface area contributed by atoms with Gasteiger partial charge in [-0.25, -0.2) is 14.8 Å². The van der Waals surface area contributed by atoms with E-state index in [1.807, 2.05) is 52.9 Å². The fourth-order valence-corrected chi connectivity index (χ4v) is 2.63. The smallest absolute Gasteiger partial charge is 0.407 e. The van der Waals surface area contributed by atoms with Crippen LogP contribution in [0.2, 0.25) is 0 Å². The van der Waals surface area contributed by atoms with Crippen molar-refractivity contribution in [2.24, 2.45) is 12.0 Å². The highest BCUT2D eigenvalue weighted by atomic mass is 16.6. The van der Waals surface area contributed by atoms with E-state index < -0.39 is 11.7 Å². The highest BCUT2D eigenvalue weighted by molar-refractivity contribution is 5.80. The van der Waals surface area contributed by atoms with Crippen LogP contribution in [0.3, 0.4) is 0 Å². The summed E-state index contributed by atoms with van der Waals surface area (Å²) in [5, 5.41) is 9.25. The molecule has 0 aliphatic heterocycles. The lowest BCUT2D eigenvalue weighted by atomic mass is 10.2. The molecule has 0 saturated carbocycles. The number of aliphatic imine (C=N–C) groups is 1. The molecule has 28 heavy (non-hydrogen) atoms. The van der Waals surface area contributed by atoms with Gasteiger partial charge in [0.25, 0.3) is 0 Å². The molecule has 1 heterocycles. The lowest BCUT2D eigenvalue weighted by Gasteiger charge is -2.19. The minimum absolute atomic E-state index is 0.394. The molecule has 8 heteroatoms. The fourth-order valence-electron chi connectivity index (χ4n) is 2.63. The molecule has 0 atom stereocenters. The van der Waals surface area contributed by atoms with Gasteiger partial charge in [-0.15, -0.1) is 0 Å². The Morgan fingerprint density at radius 1 is 1.18 bits per heavy atom. The number of benzene rings is 1. The quantitative estimate of drug-likeness (QED) is 0.385. The van der Waals surface area contributed by atoms with Gasteiger partial charge in [0.05, 0.1) is 11.0 Å². The number of nitrogens with one attached hydrogen (secondary N) is 3. The summed E-state index contributed by atoms with van der Waals surface area (Å²) >= 11 is 0. The third-order valence-corrected chi connectivity index (χ3v) is 3.92. The summed E-state index contributed by atoms with van der Waals surface area (Å²) in [5.41, 5.74) is 1.59. The fraction of sp³-hybridized carbons (Fsp3) is 0.550. The lowest BCUT2D eigenvalue weighted by molar-refractivity contribution is 0.0527. The molecule has 1 aromatic carbocycles. The molecule has 0 fully saturated rings. The summed E-state index contributed by atoms with van der Waals surface area (Å²) in [4.78, 5) is 20.9. The minimum atomic E-state index is -0.483. The number of rotatable bonds is 7. The van der Waals surface area contributed by atoms with Gasteiger partial charge >= 0.3 is 6.09 Å². The Morgan fingerprint density at radius 3 is 2.57 bits per heavy atom.